The number of benzene rings is 1. The average Bonchev–Trinajstić information content (AvgIpc) is 2.31. The van der Waals surface area contributed by atoms with E-state index < -0.39 is 18.0 Å². The molecule has 1 aromatic rings. The molecule has 0 heterocycles. The van der Waals surface area contributed by atoms with E-state index in [1.807, 2.05) is 0 Å². The van der Waals surface area contributed by atoms with Gasteiger partial charge < -0.3 is 10.8 Å². The van der Waals surface area contributed by atoms with Crippen molar-refractivity contribution in [3.05, 3.63) is 34.1 Å². The lowest BCUT2D eigenvalue weighted by Crippen LogP contribution is -2.28. The van der Waals surface area contributed by atoms with Crippen LogP contribution < -0.4 is 5.73 Å². The molecule has 2 nitrogen and oxygen atoms in total. The number of aryl methyl sites for hydroxylation is 1. The Labute approximate surface area is 125 Å². The van der Waals surface area contributed by atoms with Gasteiger partial charge in [0.2, 0.25) is 0 Å². The fraction of sp³-hybridized carbons (Fsp3) is 0.571. The van der Waals surface area contributed by atoms with Crippen LogP contribution in [0.15, 0.2) is 12.1 Å². The predicted molar refractivity (Wildman–Crippen MR) is 80.4 cm³/mol. The summed E-state index contributed by atoms with van der Waals surface area (Å²) in [7, 11) is 0. The number of halogens is 3. The first kappa shape index (κ1) is 18.7. The summed E-state index contributed by atoms with van der Waals surface area (Å²) < 4.78 is 14.0. The summed E-state index contributed by atoms with van der Waals surface area (Å²) in [4.78, 5) is 0. The second kappa shape index (κ2) is 8.05. The zero-order chi connectivity index (χ0) is 13.9. The minimum atomic E-state index is -0.781. The molecule has 0 saturated heterocycles. The number of hydrogen-bond donors (Lipinski definition) is 2. The van der Waals surface area contributed by atoms with Crippen LogP contribution in [-0.2, 0) is 0 Å². The average molecular weight is 310 g/mol. The van der Waals surface area contributed by atoms with Crippen molar-refractivity contribution in [2.75, 3.05) is 0 Å². The molecular formula is C14H22Cl2FNO. The molecule has 0 unspecified atom stereocenters. The van der Waals surface area contributed by atoms with Gasteiger partial charge in [-0.25, -0.2) is 4.39 Å². The standard InChI is InChI=1S/C14H21ClFNO.ClH/c1-8(2)4-7-11(18)14(17)12-10(15)6-5-9(3)13(12)16;/h5-6,8,11,14,18H,4,7,17H2,1-3H3;1H/t11-,14-;/m1./s1. The van der Waals surface area contributed by atoms with E-state index >= 15 is 0 Å². The molecule has 19 heavy (non-hydrogen) atoms. The zero-order valence-electron chi connectivity index (χ0n) is 11.5. The predicted octanol–water partition coefficient (Wildman–Crippen LogP) is 4.01. The molecule has 0 saturated carbocycles. The van der Waals surface area contributed by atoms with Crippen LogP contribution in [0.3, 0.4) is 0 Å². The van der Waals surface area contributed by atoms with Crippen LogP contribution in [0, 0.1) is 18.7 Å². The van der Waals surface area contributed by atoms with Gasteiger partial charge in [-0.3, -0.25) is 0 Å². The van der Waals surface area contributed by atoms with Gasteiger partial charge in [0, 0.05) is 10.6 Å². The normalized spacial score (nSPS) is 14.1. The van der Waals surface area contributed by atoms with Gasteiger partial charge in [0.15, 0.2) is 0 Å². The van der Waals surface area contributed by atoms with Gasteiger partial charge in [-0.05, 0) is 37.3 Å². The van der Waals surface area contributed by atoms with E-state index in [1.54, 1.807) is 19.1 Å². The summed E-state index contributed by atoms with van der Waals surface area (Å²) in [5, 5.41) is 10.3. The summed E-state index contributed by atoms with van der Waals surface area (Å²) in [5.74, 6) is 0.0586. The highest BCUT2D eigenvalue weighted by Crippen LogP contribution is 2.30. The first-order valence-electron chi connectivity index (χ1n) is 6.22. The first-order chi connectivity index (χ1) is 8.34. The first-order valence-corrected chi connectivity index (χ1v) is 6.60. The van der Waals surface area contributed by atoms with Crippen molar-refractivity contribution in [1.82, 2.24) is 0 Å². The molecule has 1 aromatic carbocycles. The number of rotatable bonds is 5. The molecular weight excluding hydrogens is 288 g/mol. The third-order valence-corrected chi connectivity index (χ3v) is 3.44. The van der Waals surface area contributed by atoms with Crippen molar-refractivity contribution in [3.63, 3.8) is 0 Å². The van der Waals surface area contributed by atoms with Crippen molar-refractivity contribution >= 4 is 24.0 Å². The maximum absolute atomic E-state index is 14.0. The van der Waals surface area contributed by atoms with Gasteiger partial charge in [0.05, 0.1) is 12.1 Å². The molecule has 0 aliphatic rings. The van der Waals surface area contributed by atoms with Crippen LogP contribution in [0.2, 0.25) is 5.02 Å². The Morgan fingerprint density at radius 2 is 1.89 bits per heavy atom. The van der Waals surface area contributed by atoms with Crippen LogP contribution in [0.25, 0.3) is 0 Å². The molecule has 0 spiro atoms. The van der Waals surface area contributed by atoms with Gasteiger partial charge in [-0.1, -0.05) is 31.5 Å². The molecule has 0 radical (unpaired) electrons. The highest BCUT2D eigenvalue weighted by Gasteiger charge is 2.23. The van der Waals surface area contributed by atoms with Gasteiger partial charge in [0.25, 0.3) is 0 Å². The Morgan fingerprint density at radius 1 is 1.32 bits per heavy atom. The topological polar surface area (TPSA) is 46.2 Å². The van der Waals surface area contributed by atoms with E-state index in [4.69, 9.17) is 17.3 Å². The largest absolute Gasteiger partial charge is 0.391 e. The molecule has 0 fully saturated rings. The van der Waals surface area contributed by atoms with E-state index in [1.165, 1.54) is 0 Å². The lowest BCUT2D eigenvalue weighted by atomic mass is 9.94. The van der Waals surface area contributed by atoms with Crippen molar-refractivity contribution in [1.29, 1.82) is 0 Å². The highest BCUT2D eigenvalue weighted by molar-refractivity contribution is 6.31. The second-order valence-corrected chi connectivity index (χ2v) is 5.56. The van der Waals surface area contributed by atoms with Crippen molar-refractivity contribution < 1.29 is 9.50 Å². The summed E-state index contributed by atoms with van der Waals surface area (Å²) >= 11 is 5.97. The van der Waals surface area contributed by atoms with Crippen LogP contribution in [0.5, 0.6) is 0 Å². The number of aliphatic hydroxyl groups is 1. The van der Waals surface area contributed by atoms with Crippen LogP contribution in [0.4, 0.5) is 4.39 Å². The fourth-order valence-corrected chi connectivity index (χ4v) is 2.13. The summed E-state index contributed by atoms with van der Waals surface area (Å²) in [6, 6.07) is 2.44. The van der Waals surface area contributed by atoms with Crippen LogP contribution in [-0.4, -0.2) is 11.2 Å². The number of hydrogen-bond acceptors (Lipinski definition) is 2. The Kier molecular flexibility index (Phi) is 7.90. The Morgan fingerprint density at radius 3 is 2.42 bits per heavy atom. The molecule has 3 N–H and O–H groups in total. The molecule has 2 atom stereocenters. The maximum atomic E-state index is 14.0. The third kappa shape index (κ3) is 4.92. The van der Waals surface area contributed by atoms with E-state index in [-0.39, 0.29) is 23.0 Å². The molecule has 0 bridgehead atoms. The molecule has 0 aliphatic heterocycles. The minimum Gasteiger partial charge on any atom is -0.391 e. The Bertz CT molecular complexity index is 413. The van der Waals surface area contributed by atoms with Crippen molar-refractivity contribution in [2.24, 2.45) is 11.7 Å². The van der Waals surface area contributed by atoms with E-state index in [0.717, 1.165) is 6.42 Å². The van der Waals surface area contributed by atoms with Gasteiger partial charge in [0.1, 0.15) is 5.82 Å². The molecule has 0 aliphatic carbocycles. The van der Waals surface area contributed by atoms with Crippen LogP contribution in [0.1, 0.15) is 43.9 Å². The zero-order valence-corrected chi connectivity index (χ0v) is 13.1. The quantitative estimate of drug-likeness (QED) is 0.863. The molecule has 0 aromatic heterocycles. The molecule has 110 valence electrons. The van der Waals surface area contributed by atoms with Crippen LogP contribution >= 0.6 is 24.0 Å². The third-order valence-electron chi connectivity index (χ3n) is 3.11. The van der Waals surface area contributed by atoms with Crippen molar-refractivity contribution in [3.8, 4) is 0 Å². The van der Waals surface area contributed by atoms with Gasteiger partial charge in [-0.15, -0.1) is 12.4 Å². The molecule has 0 amide bonds. The second-order valence-electron chi connectivity index (χ2n) is 5.16. The lowest BCUT2D eigenvalue weighted by molar-refractivity contribution is 0.127. The SMILES string of the molecule is Cc1ccc(Cl)c([C@H](N)[C@H](O)CCC(C)C)c1F.Cl. The Balaban J connectivity index is 0.00000324. The fourth-order valence-electron chi connectivity index (χ4n) is 1.86. The summed E-state index contributed by atoms with van der Waals surface area (Å²) in [5.41, 5.74) is 6.62. The van der Waals surface area contributed by atoms with Gasteiger partial charge >= 0.3 is 0 Å². The summed E-state index contributed by atoms with van der Waals surface area (Å²) in [6.07, 6.45) is 0.615. The smallest absolute Gasteiger partial charge is 0.132 e. The van der Waals surface area contributed by atoms with Crippen molar-refractivity contribution in [2.45, 2.75) is 45.8 Å². The lowest BCUT2D eigenvalue weighted by Gasteiger charge is -2.22. The highest BCUT2D eigenvalue weighted by atomic mass is 35.5. The van der Waals surface area contributed by atoms with Gasteiger partial charge in [-0.2, -0.15) is 0 Å². The maximum Gasteiger partial charge on any atom is 0.132 e. The van der Waals surface area contributed by atoms with E-state index in [0.29, 0.717) is 17.9 Å². The number of nitrogens with two attached hydrogens (primary N) is 1. The monoisotopic (exact) mass is 309 g/mol. The molecule has 5 heteroatoms. The minimum absolute atomic E-state index is 0. The Hall–Kier alpha value is -0.350. The molecule has 1 rings (SSSR count). The van der Waals surface area contributed by atoms with E-state index in [2.05, 4.69) is 13.8 Å². The van der Waals surface area contributed by atoms with E-state index in [9.17, 15) is 9.50 Å². The summed E-state index contributed by atoms with van der Waals surface area (Å²) in [6.45, 7) is 5.79. The number of aliphatic hydroxyl groups excluding tert-OH is 1.